The highest BCUT2D eigenvalue weighted by Gasteiger charge is 2.11. The van der Waals surface area contributed by atoms with Crippen LogP contribution in [0.5, 0.6) is 0 Å². The number of hydrogen-bond acceptors (Lipinski definition) is 4. The third-order valence-electron chi connectivity index (χ3n) is 2.77. The number of rotatable bonds is 7. The van der Waals surface area contributed by atoms with Crippen LogP contribution in [-0.2, 0) is 4.74 Å². The van der Waals surface area contributed by atoms with Gasteiger partial charge in [-0.05, 0) is 24.6 Å². The van der Waals surface area contributed by atoms with E-state index in [2.05, 4.69) is 0 Å². The first-order valence-corrected chi connectivity index (χ1v) is 6.37. The fourth-order valence-electron chi connectivity index (χ4n) is 1.74. The van der Waals surface area contributed by atoms with Gasteiger partial charge in [-0.2, -0.15) is 0 Å². The molecule has 3 N–H and O–H groups in total. The van der Waals surface area contributed by atoms with Gasteiger partial charge in [-0.1, -0.05) is 17.7 Å². The Labute approximate surface area is 113 Å². The van der Waals surface area contributed by atoms with Crippen molar-refractivity contribution >= 4 is 17.3 Å². The molecule has 4 nitrogen and oxygen atoms in total. The highest BCUT2D eigenvalue weighted by Crippen LogP contribution is 2.28. The number of nitrogens with zero attached hydrogens (tertiary/aromatic N) is 1. The summed E-state index contributed by atoms with van der Waals surface area (Å²) in [5, 5.41) is 9.73. The maximum atomic E-state index is 9.09. The molecule has 0 spiro atoms. The highest BCUT2D eigenvalue weighted by atomic mass is 35.5. The van der Waals surface area contributed by atoms with Crippen LogP contribution >= 0.6 is 11.6 Å². The van der Waals surface area contributed by atoms with Gasteiger partial charge in [-0.3, -0.25) is 0 Å². The van der Waals surface area contributed by atoms with E-state index in [-0.39, 0.29) is 12.6 Å². The molecule has 0 fully saturated rings. The average molecular weight is 273 g/mol. The smallest absolute Gasteiger partial charge is 0.0642 e. The van der Waals surface area contributed by atoms with E-state index in [1.807, 2.05) is 30.0 Å². The monoisotopic (exact) mass is 272 g/mol. The van der Waals surface area contributed by atoms with E-state index in [0.29, 0.717) is 24.7 Å². The van der Waals surface area contributed by atoms with Crippen molar-refractivity contribution in [3.63, 3.8) is 0 Å². The summed E-state index contributed by atoms with van der Waals surface area (Å²) in [7, 11) is 1.65. The lowest BCUT2D eigenvalue weighted by Crippen LogP contribution is -2.30. The zero-order chi connectivity index (χ0) is 13.5. The molecule has 0 saturated heterocycles. The highest BCUT2D eigenvalue weighted by molar-refractivity contribution is 6.33. The van der Waals surface area contributed by atoms with Gasteiger partial charge in [0.15, 0.2) is 0 Å². The van der Waals surface area contributed by atoms with Gasteiger partial charge in [0.05, 0.1) is 23.9 Å². The lowest BCUT2D eigenvalue weighted by Gasteiger charge is -2.25. The van der Waals surface area contributed by atoms with Crippen LogP contribution in [0.3, 0.4) is 0 Å². The lowest BCUT2D eigenvalue weighted by molar-refractivity contribution is 0.203. The Kier molecular flexibility index (Phi) is 6.43. The molecule has 1 aromatic carbocycles. The summed E-state index contributed by atoms with van der Waals surface area (Å²) in [6.45, 7) is 3.80. The molecule has 18 heavy (non-hydrogen) atoms. The Morgan fingerprint density at radius 3 is 2.67 bits per heavy atom. The van der Waals surface area contributed by atoms with Crippen molar-refractivity contribution in [3.8, 4) is 0 Å². The van der Waals surface area contributed by atoms with Crippen molar-refractivity contribution < 1.29 is 9.84 Å². The summed E-state index contributed by atoms with van der Waals surface area (Å²) in [4.78, 5) is 2.00. The molecule has 0 radical (unpaired) electrons. The van der Waals surface area contributed by atoms with E-state index in [4.69, 9.17) is 27.2 Å². The molecule has 0 aliphatic carbocycles. The van der Waals surface area contributed by atoms with Crippen LogP contribution in [0, 0.1) is 0 Å². The van der Waals surface area contributed by atoms with Gasteiger partial charge in [0, 0.05) is 26.2 Å². The molecule has 102 valence electrons. The maximum Gasteiger partial charge on any atom is 0.0642 e. The normalized spacial score (nSPS) is 12.5. The first kappa shape index (κ1) is 15.2. The molecule has 0 amide bonds. The quantitative estimate of drug-likeness (QED) is 0.795. The number of ether oxygens (including phenoxy) is 1. The van der Waals surface area contributed by atoms with Crippen molar-refractivity contribution in [1.82, 2.24) is 0 Å². The number of methoxy groups -OCH3 is 1. The van der Waals surface area contributed by atoms with Crippen LogP contribution in [0.2, 0.25) is 5.02 Å². The summed E-state index contributed by atoms with van der Waals surface area (Å²) in [6, 6.07) is 5.73. The molecule has 1 atom stereocenters. The van der Waals surface area contributed by atoms with Crippen molar-refractivity contribution in [2.45, 2.75) is 13.0 Å². The topological polar surface area (TPSA) is 58.7 Å². The Bertz CT molecular complexity index is 372. The fraction of sp³-hybridized carbons (Fsp3) is 0.538. The predicted octanol–water partition coefficient (Wildman–Crippen LogP) is 1.80. The molecule has 0 aromatic heterocycles. The number of hydrogen-bond donors (Lipinski definition) is 2. The van der Waals surface area contributed by atoms with E-state index in [1.165, 1.54) is 0 Å². The molecule has 1 aromatic rings. The number of aliphatic hydroxyl groups excluding tert-OH is 1. The Balaban J connectivity index is 2.90. The van der Waals surface area contributed by atoms with Crippen molar-refractivity contribution in [2.24, 2.45) is 5.73 Å². The second-order valence-electron chi connectivity index (χ2n) is 4.20. The van der Waals surface area contributed by atoms with Gasteiger partial charge in [-0.25, -0.2) is 0 Å². The predicted molar refractivity (Wildman–Crippen MR) is 75.2 cm³/mol. The molecule has 0 saturated carbocycles. The minimum absolute atomic E-state index is 0.0400. The second-order valence-corrected chi connectivity index (χ2v) is 4.61. The summed E-state index contributed by atoms with van der Waals surface area (Å²) in [5.41, 5.74) is 7.71. The number of halogens is 1. The maximum absolute atomic E-state index is 9.09. The largest absolute Gasteiger partial charge is 0.395 e. The summed E-state index contributed by atoms with van der Waals surface area (Å²) in [5.74, 6) is 0. The Morgan fingerprint density at radius 2 is 2.17 bits per heavy atom. The van der Waals surface area contributed by atoms with Crippen molar-refractivity contribution in [2.75, 3.05) is 38.3 Å². The van der Waals surface area contributed by atoms with Gasteiger partial charge in [0.1, 0.15) is 0 Å². The van der Waals surface area contributed by atoms with Crippen LogP contribution in [-0.4, -0.2) is 38.5 Å². The third-order valence-corrected chi connectivity index (χ3v) is 3.08. The number of benzene rings is 1. The lowest BCUT2D eigenvalue weighted by atomic mass is 10.1. The van der Waals surface area contributed by atoms with Gasteiger partial charge in [0.2, 0.25) is 0 Å². The third kappa shape index (κ3) is 4.14. The van der Waals surface area contributed by atoms with Crippen molar-refractivity contribution in [3.05, 3.63) is 28.8 Å². The molecular weight excluding hydrogens is 252 g/mol. The van der Waals surface area contributed by atoms with Crippen LogP contribution in [0.1, 0.15) is 18.5 Å². The van der Waals surface area contributed by atoms with Gasteiger partial charge in [0.25, 0.3) is 0 Å². The van der Waals surface area contributed by atoms with Crippen LogP contribution in [0.15, 0.2) is 18.2 Å². The summed E-state index contributed by atoms with van der Waals surface area (Å²) in [6.07, 6.45) is 0. The number of anilines is 1. The molecule has 0 heterocycles. The summed E-state index contributed by atoms with van der Waals surface area (Å²) >= 11 is 6.26. The standard InChI is InChI=1S/C13H21ClN2O2/c1-10(15)11-3-4-13(12(14)9-11)16(5-7-17)6-8-18-2/h3-4,9-10,17H,5-8,15H2,1-2H3/t10-/m0/s1. The molecule has 0 unspecified atom stereocenters. The van der Waals surface area contributed by atoms with Crippen LogP contribution in [0.4, 0.5) is 5.69 Å². The zero-order valence-electron chi connectivity index (χ0n) is 10.9. The minimum Gasteiger partial charge on any atom is -0.395 e. The van der Waals surface area contributed by atoms with E-state index in [1.54, 1.807) is 7.11 Å². The minimum atomic E-state index is -0.0400. The average Bonchev–Trinajstić information content (AvgIpc) is 2.34. The number of aliphatic hydroxyl groups is 1. The SMILES string of the molecule is COCCN(CCO)c1ccc([C@H](C)N)cc1Cl. The first-order valence-electron chi connectivity index (χ1n) is 6.00. The summed E-state index contributed by atoms with van der Waals surface area (Å²) < 4.78 is 5.06. The van der Waals surface area contributed by atoms with Crippen LogP contribution in [0.25, 0.3) is 0 Å². The number of nitrogens with two attached hydrogens (primary N) is 1. The Hall–Kier alpha value is -0.810. The van der Waals surface area contributed by atoms with Crippen molar-refractivity contribution in [1.29, 1.82) is 0 Å². The molecule has 0 aliphatic rings. The molecule has 0 aliphatic heterocycles. The molecule has 0 bridgehead atoms. The van der Waals surface area contributed by atoms with E-state index < -0.39 is 0 Å². The van der Waals surface area contributed by atoms with Crippen LogP contribution < -0.4 is 10.6 Å². The van der Waals surface area contributed by atoms with Gasteiger partial charge < -0.3 is 20.5 Å². The zero-order valence-corrected chi connectivity index (χ0v) is 11.7. The van der Waals surface area contributed by atoms with E-state index >= 15 is 0 Å². The van der Waals surface area contributed by atoms with E-state index in [9.17, 15) is 0 Å². The molecular formula is C13H21ClN2O2. The molecule has 5 heteroatoms. The van der Waals surface area contributed by atoms with E-state index in [0.717, 1.165) is 11.3 Å². The van der Waals surface area contributed by atoms with Gasteiger partial charge >= 0.3 is 0 Å². The first-order chi connectivity index (χ1) is 8.60. The van der Waals surface area contributed by atoms with Gasteiger partial charge in [-0.15, -0.1) is 0 Å². The fourth-order valence-corrected chi connectivity index (χ4v) is 2.05. The second kappa shape index (κ2) is 7.59. The molecule has 1 rings (SSSR count). The Morgan fingerprint density at radius 1 is 1.44 bits per heavy atom.